The molecule has 0 aliphatic heterocycles. The molecule has 0 bridgehead atoms. The lowest BCUT2D eigenvalue weighted by Gasteiger charge is -2.06. The molecule has 0 unspecified atom stereocenters. The molecule has 2 rings (SSSR count). The molecule has 1 amide bonds. The molecule has 2 N–H and O–H groups in total. The van der Waals surface area contributed by atoms with Crippen molar-refractivity contribution in [2.75, 3.05) is 5.32 Å². The van der Waals surface area contributed by atoms with Gasteiger partial charge in [0.15, 0.2) is 0 Å². The standard InChI is InChI=1S/C12H9IN2O2/c13-9-6-10(8-4-2-1-3-5-8)14-7-11(9)15-12(16)17/h1-7,15H,(H,16,17). The summed E-state index contributed by atoms with van der Waals surface area (Å²) in [6.45, 7) is 0. The fourth-order valence-corrected chi connectivity index (χ4v) is 1.97. The minimum Gasteiger partial charge on any atom is -0.465 e. The lowest BCUT2D eigenvalue weighted by molar-refractivity contribution is 0.209. The average Bonchev–Trinajstić information content (AvgIpc) is 2.32. The number of anilines is 1. The van der Waals surface area contributed by atoms with Gasteiger partial charge in [-0.1, -0.05) is 30.3 Å². The number of nitrogens with one attached hydrogen (secondary N) is 1. The van der Waals surface area contributed by atoms with Crippen molar-refractivity contribution in [3.8, 4) is 11.3 Å². The Bertz CT molecular complexity index is 543. The third-order valence-corrected chi connectivity index (χ3v) is 3.06. The van der Waals surface area contributed by atoms with Crippen LogP contribution in [0.1, 0.15) is 0 Å². The van der Waals surface area contributed by atoms with E-state index < -0.39 is 6.09 Å². The van der Waals surface area contributed by atoms with Gasteiger partial charge in [-0.15, -0.1) is 0 Å². The first-order valence-corrected chi connectivity index (χ1v) is 5.95. The van der Waals surface area contributed by atoms with Crippen LogP contribution in [0.25, 0.3) is 11.3 Å². The Morgan fingerprint density at radius 2 is 2.00 bits per heavy atom. The van der Waals surface area contributed by atoms with E-state index in [1.807, 2.05) is 36.4 Å². The summed E-state index contributed by atoms with van der Waals surface area (Å²) in [5.41, 5.74) is 2.33. The Morgan fingerprint density at radius 1 is 1.29 bits per heavy atom. The van der Waals surface area contributed by atoms with Gasteiger partial charge in [-0.2, -0.15) is 0 Å². The third kappa shape index (κ3) is 2.94. The van der Waals surface area contributed by atoms with Crippen molar-refractivity contribution in [1.82, 2.24) is 4.98 Å². The molecule has 4 nitrogen and oxygen atoms in total. The number of hydrogen-bond donors (Lipinski definition) is 2. The zero-order valence-electron chi connectivity index (χ0n) is 8.72. The molecule has 1 heterocycles. The molecular formula is C12H9IN2O2. The van der Waals surface area contributed by atoms with Gasteiger partial charge in [0.2, 0.25) is 0 Å². The van der Waals surface area contributed by atoms with E-state index in [4.69, 9.17) is 5.11 Å². The van der Waals surface area contributed by atoms with Crippen LogP contribution < -0.4 is 5.32 Å². The Labute approximate surface area is 112 Å². The molecule has 0 spiro atoms. The summed E-state index contributed by atoms with van der Waals surface area (Å²) in [6, 6.07) is 11.6. The van der Waals surface area contributed by atoms with Gasteiger partial charge in [0.25, 0.3) is 0 Å². The molecule has 0 saturated carbocycles. The van der Waals surface area contributed by atoms with E-state index in [0.29, 0.717) is 5.69 Å². The number of hydrogen-bond acceptors (Lipinski definition) is 2. The lowest BCUT2D eigenvalue weighted by atomic mass is 10.1. The minimum atomic E-state index is -1.09. The maximum atomic E-state index is 10.5. The smallest absolute Gasteiger partial charge is 0.409 e. The number of aromatic nitrogens is 1. The Hall–Kier alpha value is -1.63. The molecule has 0 radical (unpaired) electrons. The van der Waals surface area contributed by atoms with Crippen LogP contribution >= 0.6 is 22.6 Å². The first-order valence-electron chi connectivity index (χ1n) is 4.88. The number of benzene rings is 1. The van der Waals surface area contributed by atoms with Crippen molar-refractivity contribution in [3.05, 3.63) is 46.2 Å². The fraction of sp³-hybridized carbons (Fsp3) is 0. The first kappa shape index (κ1) is 11.8. The van der Waals surface area contributed by atoms with Gasteiger partial charge in [0, 0.05) is 9.13 Å². The van der Waals surface area contributed by atoms with Crippen LogP contribution in [0.2, 0.25) is 0 Å². The Kier molecular flexibility index (Phi) is 3.58. The Balaban J connectivity index is 2.34. The highest BCUT2D eigenvalue weighted by Crippen LogP contribution is 2.23. The number of halogens is 1. The summed E-state index contributed by atoms with van der Waals surface area (Å²) in [7, 11) is 0. The zero-order valence-corrected chi connectivity index (χ0v) is 10.9. The van der Waals surface area contributed by atoms with E-state index in [2.05, 4.69) is 32.9 Å². The highest BCUT2D eigenvalue weighted by molar-refractivity contribution is 14.1. The molecule has 86 valence electrons. The molecule has 0 fully saturated rings. The van der Waals surface area contributed by atoms with Crippen molar-refractivity contribution in [2.24, 2.45) is 0 Å². The number of carbonyl (C=O) groups is 1. The van der Waals surface area contributed by atoms with Crippen molar-refractivity contribution in [1.29, 1.82) is 0 Å². The van der Waals surface area contributed by atoms with Crippen LogP contribution in [-0.4, -0.2) is 16.2 Å². The molecule has 0 saturated heterocycles. The van der Waals surface area contributed by atoms with Gasteiger partial charge in [-0.25, -0.2) is 4.79 Å². The van der Waals surface area contributed by atoms with Crippen molar-refractivity contribution < 1.29 is 9.90 Å². The third-order valence-electron chi connectivity index (χ3n) is 2.16. The normalized spacial score (nSPS) is 9.94. The van der Waals surface area contributed by atoms with Gasteiger partial charge in [-0.05, 0) is 28.7 Å². The van der Waals surface area contributed by atoms with E-state index in [9.17, 15) is 4.79 Å². The van der Waals surface area contributed by atoms with Crippen LogP contribution in [0.4, 0.5) is 10.5 Å². The van der Waals surface area contributed by atoms with E-state index >= 15 is 0 Å². The van der Waals surface area contributed by atoms with Crippen LogP contribution in [0.15, 0.2) is 42.6 Å². The van der Waals surface area contributed by atoms with Crippen LogP contribution in [0, 0.1) is 3.57 Å². The fourth-order valence-electron chi connectivity index (χ4n) is 1.40. The van der Waals surface area contributed by atoms with E-state index in [1.54, 1.807) is 0 Å². The van der Waals surface area contributed by atoms with Crippen LogP contribution in [-0.2, 0) is 0 Å². The maximum Gasteiger partial charge on any atom is 0.409 e. The number of amides is 1. The van der Waals surface area contributed by atoms with Crippen molar-refractivity contribution in [2.45, 2.75) is 0 Å². The second-order valence-corrected chi connectivity index (χ2v) is 4.51. The second-order valence-electron chi connectivity index (χ2n) is 3.35. The lowest BCUT2D eigenvalue weighted by Crippen LogP contribution is -2.08. The Morgan fingerprint density at radius 3 is 2.59 bits per heavy atom. The number of carboxylic acid groups (broad SMARTS) is 1. The number of pyridine rings is 1. The molecule has 1 aromatic heterocycles. The number of nitrogens with zero attached hydrogens (tertiary/aromatic N) is 1. The summed E-state index contributed by atoms with van der Waals surface area (Å²) in [5, 5.41) is 10.9. The summed E-state index contributed by atoms with van der Waals surface area (Å²) in [4.78, 5) is 14.8. The molecule has 0 atom stereocenters. The van der Waals surface area contributed by atoms with Crippen LogP contribution in [0.5, 0.6) is 0 Å². The predicted octanol–water partition coefficient (Wildman–Crippen LogP) is 3.44. The molecule has 17 heavy (non-hydrogen) atoms. The largest absolute Gasteiger partial charge is 0.465 e. The maximum absolute atomic E-state index is 10.5. The molecule has 5 heteroatoms. The zero-order chi connectivity index (χ0) is 12.3. The molecule has 0 aliphatic rings. The highest BCUT2D eigenvalue weighted by atomic mass is 127. The second kappa shape index (κ2) is 5.13. The van der Waals surface area contributed by atoms with Gasteiger partial charge in [0.05, 0.1) is 17.6 Å². The minimum absolute atomic E-state index is 0.498. The van der Waals surface area contributed by atoms with Crippen LogP contribution in [0.3, 0.4) is 0 Å². The molecule has 0 aliphatic carbocycles. The molecular weight excluding hydrogens is 331 g/mol. The van der Waals surface area contributed by atoms with Crippen molar-refractivity contribution in [3.63, 3.8) is 0 Å². The number of rotatable bonds is 2. The molecule has 1 aromatic carbocycles. The summed E-state index contributed by atoms with van der Waals surface area (Å²) >= 11 is 2.08. The van der Waals surface area contributed by atoms with E-state index in [1.165, 1.54) is 6.20 Å². The van der Waals surface area contributed by atoms with Crippen molar-refractivity contribution >= 4 is 34.4 Å². The SMILES string of the molecule is O=C(O)Nc1cnc(-c2ccccc2)cc1I. The van der Waals surface area contributed by atoms with Gasteiger partial charge >= 0.3 is 6.09 Å². The van der Waals surface area contributed by atoms with Gasteiger partial charge in [-0.3, -0.25) is 10.3 Å². The topological polar surface area (TPSA) is 62.2 Å². The van der Waals surface area contributed by atoms with E-state index in [0.717, 1.165) is 14.8 Å². The quantitative estimate of drug-likeness (QED) is 0.824. The first-order chi connectivity index (χ1) is 8.16. The predicted molar refractivity (Wildman–Crippen MR) is 74.0 cm³/mol. The monoisotopic (exact) mass is 340 g/mol. The van der Waals surface area contributed by atoms with Gasteiger partial charge in [0.1, 0.15) is 0 Å². The summed E-state index contributed by atoms with van der Waals surface area (Å²) < 4.78 is 0.818. The summed E-state index contributed by atoms with van der Waals surface area (Å²) in [6.07, 6.45) is 0.440. The average molecular weight is 340 g/mol. The van der Waals surface area contributed by atoms with Gasteiger partial charge < -0.3 is 5.11 Å². The summed E-state index contributed by atoms with van der Waals surface area (Å²) in [5.74, 6) is 0. The van der Waals surface area contributed by atoms with E-state index in [-0.39, 0.29) is 0 Å². The highest BCUT2D eigenvalue weighted by Gasteiger charge is 2.06. The molecule has 2 aromatic rings.